The van der Waals surface area contributed by atoms with Crippen molar-refractivity contribution in [1.29, 1.82) is 0 Å². The number of carbonyl (C=O) groups excluding carboxylic acids is 1. The highest BCUT2D eigenvalue weighted by atomic mass is 32.2. The molecule has 0 radical (unpaired) electrons. The number of aromatic hydroxyl groups is 1. The van der Waals surface area contributed by atoms with Crippen molar-refractivity contribution in [1.82, 2.24) is 0 Å². The molecule has 1 aromatic carbocycles. The fraction of sp³-hybridized carbons (Fsp3) is 0.300. The second-order valence-corrected chi connectivity index (χ2v) is 4.19. The van der Waals surface area contributed by atoms with E-state index in [4.69, 9.17) is 0 Å². The molecule has 0 bridgehead atoms. The van der Waals surface area contributed by atoms with Crippen LogP contribution in [0.25, 0.3) is 0 Å². The average molecular weight is 212 g/mol. The molecule has 0 aromatic heterocycles. The number of methoxy groups -OCH3 is 1. The van der Waals surface area contributed by atoms with E-state index in [1.165, 1.54) is 18.9 Å². The van der Waals surface area contributed by atoms with E-state index in [9.17, 15) is 9.90 Å². The predicted octanol–water partition coefficient (Wildman–Crippen LogP) is 2.05. The normalized spacial score (nSPS) is 12.1. The first-order valence-electron chi connectivity index (χ1n) is 4.17. The van der Waals surface area contributed by atoms with Crippen molar-refractivity contribution in [3.63, 3.8) is 0 Å². The number of ether oxygens (including phenoxy) is 1. The Hall–Kier alpha value is -1.16. The maximum absolute atomic E-state index is 11.1. The lowest BCUT2D eigenvalue weighted by Gasteiger charge is -2.08. The van der Waals surface area contributed by atoms with Crippen LogP contribution >= 0.6 is 11.8 Å². The molecule has 0 heterocycles. The van der Waals surface area contributed by atoms with E-state index in [0.29, 0.717) is 0 Å². The molecule has 1 unspecified atom stereocenters. The standard InChI is InChI=1S/C10H12O3S/c1-7(10(12)13-2)14-9-5-3-4-8(11)6-9/h3-7,11H,1-2H3. The monoisotopic (exact) mass is 212 g/mol. The van der Waals surface area contributed by atoms with Crippen LogP contribution in [0.1, 0.15) is 6.92 Å². The third-order valence-electron chi connectivity index (χ3n) is 1.66. The highest BCUT2D eigenvalue weighted by Crippen LogP contribution is 2.26. The largest absolute Gasteiger partial charge is 0.508 e. The van der Waals surface area contributed by atoms with Crippen molar-refractivity contribution >= 4 is 17.7 Å². The minimum Gasteiger partial charge on any atom is -0.508 e. The lowest BCUT2D eigenvalue weighted by atomic mass is 10.3. The summed E-state index contributed by atoms with van der Waals surface area (Å²) in [6.07, 6.45) is 0. The number of hydrogen-bond donors (Lipinski definition) is 1. The highest BCUT2D eigenvalue weighted by molar-refractivity contribution is 8.00. The second-order valence-electron chi connectivity index (χ2n) is 2.78. The van der Waals surface area contributed by atoms with Gasteiger partial charge in [0.05, 0.1) is 7.11 Å². The number of hydrogen-bond acceptors (Lipinski definition) is 4. The minimum absolute atomic E-state index is 0.201. The Kier molecular flexibility index (Phi) is 3.83. The molecule has 1 rings (SSSR count). The molecule has 0 spiro atoms. The van der Waals surface area contributed by atoms with Gasteiger partial charge in [-0.15, -0.1) is 11.8 Å². The van der Waals surface area contributed by atoms with E-state index < -0.39 is 0 Å². The third-order valence-corrected chi connectivity index (χ3v) is 2.74. The summed E-state index contributed by atoms with van der Waals surface area (Å²) in [4.78, 5) is 11.9. The molecule has 0 aliphatic rings. The van der Waals surface area contributed by atoms with Gasteiger partial charge in [0.25, 0.3) is 0 Å². The van der Waals surface area contributed by atoms with Crippen LogP contribution in [0.4, 0.5) is 0 Å². The summed E-state index contributed by atoms with van der Waals surface area (Å²) >= 11 is 1.36. The fourth-order valence-corrected chi connectivity index (χ4v) is 1.92. The molecule has 3 nitrogen and oxygen atoms in total. The van der Waals surface area contributed by atoms with Crippen LogP contribution in [0.3, 0.4) is 0 Å². The van der Waals surface area contributed by atoms with Crippen LogP contribution in [0.5, 0.6) is 5.75 Å². The SMILES string of the molecule is COC(=O)C(C)Sc1cccc(O)c1. The first kappa shape index (κ1) is 10.9. The molecule has 0 aliphatic heterocycles. The van der Waals surface area contributed by atoms with Gasteiger partial charge in [0.2, 0.25) is 0 Å². The summed E-state index contributed by atoms with van der Waals surface area (Å²) in [6, 6.07) is 6.78. The molecule has 1 atom stereocenters. The summed E-state index contributed by atoms with van der Waals surface area (Å²) in [5.41, 5.74) is 0. The molecule has 1 N–H and O–H groups in total. The number of carbonyl (C=O) groups is 1. The van der Waals surface area contributed by atoms with Gasteiger partial charge in [0.15, 0.2) is 0 Å². The van der Waals surface area contributed by atoms with E-state index in [-0.39, 0.29) is 17.0 Å². The van der Waals surface area contributed by atoms with E-state index in [1.807, 2.05) is 6.07 Å². The highest BCUT2D eigenvalue weighted by Gasteiger charge is 2.14. The lowest BCUT2D eigenvalue weighted by Crippen LogP contribution is -2.14. The van der Waals surface area contributed by atoms with Gasteiger partial charge in [-0.05, 0) is 25.1 Å². The van der Waals surface area contributed by atoms with Crippen LogP contribution in [-0.2, 0) is 9.53 Å². The first-order valence-corrected chi connectivity index (χ1v) is 5.05. The zero-order valence-corrected chi connectivity index (χ0v) is 8.88. The zero-order chi connectivity index (χ0) is 10.6. The van der Waals surface area contributed by atoms with Crippen LogP contribution in [-0.4, -0.2) is 23.4 Å². The Labute approximate surface area is 87.1 Å². The van der Waals surface area contributed by atoms with Crippen molar-refractivity contribution in [3.8, 4) is 5.75 Å². The minimum atomic E-state index is -0.265. The van der Waals surface area contributed by atoms with Gasteiger partial charge in [-0.2, -0.15) is 0 Å². The summed E-state index contributed by atoms with van der Waals surface area (Å²) in [7, 11) is 1.36. The number of esters is 1. The number of thioether (sulfide) groups is 1. The van der Waals surface area contributed by atoms with E-state index in [2.05, 4.69) is 4.74 Å². The number of phenolic OH excluding ortho intramolecular Hbond substituents is 1. The molecular formula is C10H12O3S. The quantitative estimate of drug-likeness (QED) is 0.615. The molecule has 1 aromatic rings. The van der Waals surface area contributed by atoms with Crippen LogP contribution in [0, 0.1) is 0 Å². The molecule has 0 fully saturated rings. The van der Waals surface area contributed by atoms with Crippen LogP contribution in [0.15, 0.2) is 29.2 Å². The smallest absolute Gasteiger partial charge is 0.318 e. The maximum atomic E-state index is 11.1. The van der Waals surface area contributed by atoms with Gasteiger partial charge in [-0.1, -0.05) is 6.07 Å². The van der Waals surface area contributed by atoms with Crippen molar-refractivity contribution in [2.24, 2.45) is 0 Å². The first-order chi connectivity index (χ1) is 6.63. The van der Waals surface area contributed by atoms with E-state index in [1.54, 1.807) is 25.1 Å². The third kappa shape index (κ3) is 2.96. The van der Waals surface area contributed by atoms with Crippen LogP contribution in [0.2, 0.25) is 0 Å². The van der Waals surface area contributed by atoms with Gasteiger partial charge in [-0.25, -0.2) is 0 Å². The second kappa shape index (κ2) is 4.91. The predicted molar refractivity (Wildman–Crippen MR) is 55.4 cm³/mol. The zero-order valence-electron chi connectivity index (χ0n) is 8.06. The Morgan fingerprint density at radius 3 is 2.86 bits per heavy atom. The molecule has 0 amide bonds. The van der Waals surface area contributed by atoms with Crippen LogP contribution < -0.4 is 0 Å². The molecule has 0 aliphatic carbocycles. The van der Waals surface area contributed by atoms with Crippen molar-refractivity contribution in [2.45, 2.75) is 17.1 Å². The number of rotatable bonds is 3. The van der Waals surface area contributed by atoms with Gasteiger partial charge < -0.3 is 9.84 Å². The van der Waals surface area contributed by atoms with E-state index >= 15 is 0 Å². The van der Waals surface area contributed by atoms with Crippen molar-refractivity contribution < 1.29 is 14.6 Å². The molecule has 14 heavy (non-hydrogen) atoms. The molecule has 0 saturated carbocycles. The topological polar surface area (TPSA) is 46.5 Å². The molecule has 0 saturated heterocycles. The van der Waals surface area contributed by atoms with E-state index in [0.717, 1.165) is 4.90 Å². The lowest BCUT2D eigenvalue weighted by molar-refractivity contribution is -0.139. The Morgan fingerprint density at radius 1 is 1.57 bits per heavy atom. The van der Waals surface area contributed by atoms with Gasteiger partial charge in [0.1, 0.15) is 11.0 Å². The maximum Gasteiger partial charge on any atom is 0.318 e. The Bertz CT molecular complexity index is 325. The summed E-state index contributed by atoms with van der Waals surface area (Å²) < 4.78 is 4.59. The molecule has 4 heteroatoms. The fourth-order valence-electron chi connectivity index (χ4n) is 0.975. The van der Waals surface area contributed by atoms with Crippen molar-refractivity contribution in [2.75, 3.05) is 7.11 Å². The van der Waals surface area contributed by atoms with Gasteiger partial charge in [0, 0.05) is 4.90 Å². The summed E-state index contributed by atoms with van der Waals surface area (Å²) in [5.74, 6) is -0.0644. The summed E-state index contributed by atoms with van der Waals surface area (Å²) in [6.45, 7) is 1.76. The van der Waals surface area contributed by atoms with Gasteiger partial charge in [-0.3, -0.25) is 4.79 Å². The number of phenols is 1. The van der Waals surface area contributed by atoms with Gasteiger partial charge >= 0.3 is 5.97 Å². The Balaban J connectivity index is 2.64. The summed E-state index contributed by atoms with van der Waals surface area (Å²) in [5, 5.41) is 8.93. The van der Waals surface area contributed by atoms with Crippen molar-refractivity contribution in [3.05, 3.63) is 24.3 Å². The average Bonchev–Trinajstić information content (AvgIpc) is 2.16. The molecular weight excluding hydrogens is 200 g/mol. The number of benzene rings is 1. The molecule has 76 valence electrons. The Morgan fingerprint density at radius 2 is 2.29 bits per heavy atom.